The van der Waals surface area contributed by atoms with Crippen molar-refractivity contribution < 1.29 is 27.5 Å². The average Bonchev–Trinajstić information content (AvgIpc) is 2.81. The number of rotatable bonds is 11. The Morgan fingerprint density at radius 3 is 2.09 bits per heavy atom. The number of carbonyl (C=O) groups excluding carboxylic acids is 2. The minimum Gasteiger partial charge on any atom is -0.493 e. The number of carbonyl (C=O) groups is 2. The monoisotopic (exact) mass is 463 g/mol. The first kappa shape index (κ1) is 25.2. The molecule has 0 fully saturated rings. The van der Waals surface area contributed by atoms with E-state index in [0.717, 1.165) is 5.56 Å². The van der Waals surface area contributed by atoms with Crippen molar-refractivity contribution in [3.05, 3.63) is 53.6 Å². The summed E-state index contributed by atoms with van der Waals surface area (Å²) >= 11 is 0. The third-order valence-corrected chi connectivity index (χ3v) is 6.88. The summed E-state index contributed by atoms with van der Waals surface area (Å²) in [5, 5.41) is 5.24. The standard InChI is InChI=1S/C22H29N3O6S/c1-5-25(6-2)32(28,29)18-10-7-16(8-11-18)14-23-21(26)15-24-22(27)17-9-12-19(30-3)20(13-17)31-4/h7-13H,5-6,14-15H2,1-4H3,(H,23,26)(H,24,27). The predicted molar refractivity (Wildman–Crippen MR) is 120 cm³/mol. The smallest absolute Gasteiger partial charge is 0.251 e. The van der Waals surface area contributed by atoms with Crippen LogP contribution in [0.2, 0.25) is 0 Å². The SMILES string of the molecule is CCN(CC)S(=O)(=O)c1ccc(CNC(=O)CNC(=O)c2ccc(OC)c(OC)c2)cc1. The lowest BCUT2D eigenvalue weighted by atomic mass is 10.2. The Morgan fingerprint density at radius 1 is 0.906 bits per heavy atom. The molecule has 0 unspecified atom stereocenters. The van der Waals surface area contributed by atoms with E-state index < -0.39 is 15.9 Å². The maximum Gasteiger partial charge on any atom is 0.251 e. The second-order valence-corrected chi connectivity index (χ2v) is 8.70. The molecule has 0 saturated carbocycles. The molecule has 32 heavy (non-hydrogen) atoms. The molecule has 2 aromatic carbocycles. The molecular weight excluding hydrogens is 434 g/mol. The van der Waals surface area contributed by atoms with E-state index in [1.807, 2.05) is 0 Å². The van der Waals surface area contributed by atoms with Crippen molar-refractivity contribution in [1.29, 1.82) is 0 Å². The van der Waals surface area contributed by atoms with Crippen LogP contribution in [0.1, 0.15) is 29.8 Å². The molecule has 0 heterocycles. The maximum absolute atomic E-state index is 12.5. The van der Waals surface area contributed by atoms with Gasteiger partial charge in [0.2, 0.25) is 15.9 Å². The van der Waals surface area contributed by atoms with E-state index >= 15 is 0 Å². The van der Waals surface area contributed by atoms with Crippen molar-refractivity contribution in [3.63, 3.8) is 0 Å². The van der Waals surface area contributed by atoms with Crippen molar-refractivity contribution in [3.8, 4) is 11.5 Å². The number of methoxy groups -OCH3 is 2. The molecule has 2 aromatic rings. The molecule has 0 radical (unpaired) electrons. The lowest BCUT2D eigenvalue weighted by molar-refractivity contribution is -0.120. The van der Waals surface area contributed by atoms with Crippen LogP contribution in [0.4, 0.5) is 0 Å². The van der Waals surface area contributed by atoms with Crippen molar-refractivity contribution >= 4 is 21.8 Å². The van der Waals surface area contributed by atoms with E-state index in [4.69, 9.17) is 9.47 Å². The van der Waals surface area contributed by atoms with Gasteiger partial charge in [0, 0.05) is 25.2 Å². The molecule has 0 spiro atoms. The predicted octanol–water partition coefficient (Wildman–Crippen LogP) is 1.78. The molecule has 174 valence electrons. The Labute approximate surface area is 188 Å². The quantitative estimate of drug-likeness (QED) is 0.525. The highest BCUT2D eigenvalue weighted by atomic mass is 32.2. The van der Waals surface area contributed by atoms with Gasteiger partial charge < -0.3 is 20.1 Å². The van der Waals surface area contributed by atoms with Gasteiger partial charge in [-0.15, -0.1) is 0 Å². The van der Waals surface area contributed by atoms with Crippen molar-refractivity contribution in [2.75, 3.05) is 33.9 Å². The lowest BCUT2D eigenvalue weighted by Gasteiger charge is -2.18. The molecule has 2 N–H and O–H groups in total. The summed E-state index contributed by atoms with van der Waals surface area (Å²) in [6, 6.07) is 11.1. The number of ether oxygens (including phenoxy) is 2. The number of hydrogen-bond acceptors (Lipinski definition) is 6. The Morgan fingerprint density at radius 2 is 1.53 bits per heavy atom. The molecule has 0 saturated heterocycles. The first-order valence-electron chi connectivity index (χ1n) is 10.1. The van der Waals surface area contributed by atoms with Crippen molar-refractivity contribution in [2.24, 2.45) is 0 Å². The number of amides is 2. The third-order valence-electron chi connectivity index (χ3n) is 4.81. The van der Waals surface area contributed by atoms with E-state index in [2.05, 4.69) is 10.6 Å². The van der Waals surface area contributed by atoms with Gasteiger partial charge in [0.1, 0.15) is 0 Å². The summed E-state index contributed by atoms with van der Waals surface area (Å²) in [5.41, 5.74) is 1.07. The highest BCUT2D eigenvalue weighted by Crippen LogP contribution is 2.27. The zero-order valence-corrected chi connectivity index (χ0v) is 19.5. The van der Waals surface area contributed by atoms with E-state index in [9.17, 15) is 18.0 Å². The van der Waals surface area contributed by atoms with Gasteiger partial charge in [-0.3, -0.25) is 9.59 Å². The van der Waals surface area contributed by atoms with Crippen LogP contribution in [0.3, 0.4) is 0 Å². The average molecular weight is 464 g/mol. The normalized spacial score (nSPS) is 11.2. The Bertz CT molecular complexity index is 1030. The van der Waals surface area contributed by atoms with Gasteiger partial charge in [-0.25, -0.2) is 8.42 Å². The zero-order valence-electron chi connectivity index (χ0n) is 18.7. The number of nitrogens with zero attached hydrogens (tertiary/aromatic N) is 1. The Hall–Kier alpha value is -3.11. The van der Waals surface area contributed by atoms with E-state index in [1.54, 1.807) is 38.1 Å². The fourth-order valence-corrected chi connectivity index (χ4v) is 4.45. The molecule has 0 aliphatic rings. The highest BCUT2D eigenvalue weighted by Gasteiger charge is 2.21. The van der Waals surface area contributed by atoms with Crippen LogP contribution in [-0.2, 0) is 21.4 Å². The molecule has 0 aliphatic heterocycles. The first-order valence-corrected chi connectivity index (χ1v) is 11.6. The Kier molecular flexibility index (Phi) is 9.03. The van der Waals surface area contributed by atoms with Gasteiger partial charge in [0.15, 0.2) is 11.5 Å². The molecule has 2 rings (SSSR count). The number of hydrogen-bond donors (Lipinski definition) is 2. The van der Waals surface area contributed by atoms with Crippen molar-refractivity contribution in [1.82, 2.24) is 14.9 Å². The molecule has 0 bridgehead atoms. The van der Waals surface area contributed by atoms with Gasteiger partial charge in [-0.05, 0) is 35.9 Å². The van der Waals surface area contributed by atoms with Crippen LogP contribution in [0.15, 0.2) is 47.4 Å². The summed E-state index contributed by atoms with van der Waals surface area (Å²) in [7, 11) is -0.551. The summed E-state index contributed by atoms with van der Waals surface area (Å²) in [4.78, 5) is 24.6. The van der Waals surface area contributed by atoms with Gasteiger partial charge >= 0.3 is 0 Å². The van der Waals surface area contributed by atoms with Crippen LogP contribution < -0.4 is 20.1 Å². The molecule has 10 heteroatoms. The van der Waals surface area contributed by atoms with Crippen LogP contribution in [0, 0.1) is 0 Å². The fourth-order valence-electron chi connectivity index (χ4n) is 3.00. The van der Waals surface area contributed by atoms with Crippen LogP contribution >= 0.6 is 0 Å². The lowest BCUT2D eigenvalue weighted by Crippen LogP contribution is -2.36. The first-order chi connectivity index (χ1) is 15.3. The number of nitrogens with one attached hydrogen (secondary N) is 2. The van der Waals surface area contributed by atoms with Gasteiger partial charge in [-0.2, -0.15) is 4.31 Å². The second-order valence-electron chi connectivity index (χ2n) is 6.76. The zero-order chi connectivity index (χ0) is 23.7. The minimum absolute atomic E-state index is 0.205. The van der Waals surface area contributed by atoms with Crippen LogP contribution in [0.25, 0.3) is 0 Å². The molecular formula is C22H29N3O6S. The van der Waals surface area contributed by atoms with E-state index in [0.29, 0.717) is 30.2 Å². The van der Waals surface area contributed by atoms with Crippen LogP contribution in [-0.4, -0.2) is 58.4 Å². The Balaban J connectivity index is 1.89. The summed E-state index contributed by atoms with van der Waals surface area (Å²) in [6.07, 6.45) is 0. The van der Waals surface area contributed by atoms with Crippen LogP contribution in [0.5, 0.6) is 11.5 Å². The third kappa shape index (κ3) is 6.21. The van der Waals surface area contributed by atoms with E-state index in [-0.39, 0.29) is 23.9 Å². The molecule has 0 atom stereocenters. The van der Waals surface area contributed by atoms with Gasteiger partial charge in [0.25, 0.3) is 5.91 Å². The van der Waals surface area contributed by atoms with Gasteiger partial charge in [0.05, 0.1) is 25.7 Å². The minimum atomic E-state index is -3.52. The summed E-state index contributed by atoms with van der Waals surface area (Å²) in [6.45, 7) is 4.36. The second kappa shape index (κ2) is 11.5. The molecule has 0 aliphatic carbocycles. The van der Waals surface area contributed by atoms with E-state index in [1.165, 1.54) is 36.7 Å². The van der Waals surface area contributed by atoms with Crippen molar-refractivity contribution in [2.45, 2.75) is 25.3 Å². The van der Waals surface area contributed by atoms with Gasteiger partial charge in [-0.1, -0.05) is 26.0 Å². The maximum atomic E-state index is 12.5. The fraction of sp³-hybridized carbons (Fsp3) is 0.364. The summed E-state index contributed by atoms with van der Waals surface area (Å²) < 4.78 is 36.7. The topological polar surface area (TPSA) is 114 Å². The molecule has 9 nitrogen and oxygen atoms in total. The number of benzene rings is 2. The molecule has 2 amide bonds. The largest absolute Gasteiger partial charge is 0.493 e. The molecule has 0 aromatic heterocycles. The highest BCUT2D eigenvalue weighted by molar-refractivity contribution is 7.89. The number of sulfonamides is 1. The summed E-state index contributed by atoms with van der Waals surface area (Å²) in [5.74, 6) is 0.111.